The Labute approximate surface area is 105 Å². The molecule has 2 rings (SSSR count). The number of nitrogen functional groups attached to an aromatic ring is 1. The summed E-state index contributed by atoms with van der Waals surface area (Å²) in [5.74, 6) is 1.25. The highest BCUT2D eigenvalue weighted by molar-refractivity contribution is 7.98. The Morgan fingerprint density at radius 1 is 1.18 bits per heavy atom. The smallest absolute Gasteiger partial charge is 0.138 e. The maximum absolute atomic E-state index is 5.73. The molecule has 0 unspecified atom stereocenters. The number of anilines is 3. The lowest BCUT2D eigenvalue weighted by Gasteiger charge is -2.09. The zero-order chi connectivity index (χ0) is 12.3. The number of rotatable bonds is 3. The Kier molecular flexibility index (Phi) is 3.49. The zero-order valence-electron chi connectivity index (χ0n) is 9.77. The fourth-order valence-electron chi connectivity index (χ4n) is 1.40. The Hall–Kier alpha value is -1.75. The quantitative estimate of drug-likeness (QED) is 0.815. The fraction of sp³-hybridized carbons (Fsp3) is 0.167. The van der Waals surface area contributed by atoms with Crippen molar-refractivity contribution in [3.8, 4) is 0 Å². The highest BCUT2D eigenvalue weighted by Crippen LogP contribution is 2.22. The number of thioether (sulfide) groups is 1. The predicted octanol–water partition coefficient (Wildman–Crippen LogP) is 2.83. The van der Waals surface area contributed by atoms with E-state index < -0.39 is 0 Å². The first-order chi connectivity index (χ1) is 8.20. The normalized spacial score (nSPS) is 10.2. The SMILES string of the molecule is CSc1ccc(Nc2ncnc(N)c2C)cc1. The Morgan fingerprint density at radius 3 is 2.53 bits per heavy atom. The number of aromatic nitrogens is 2. The molecule has 0 amide bonds. The third kappa shape index (κ3) is 2.68. The number of nitrogens with two attached hydrogens (primary N) is 1. The molecule has 17 heavy (non-hydrogen) atoms. The van der Waals surface area contributed by atoms with Crippen molar-refractivity contribution < 1.29 is 0 Å². The maximum Gasteiger partial charge on any atom is 0.138 e. The number of hydrogen-bond acceptors (Lipinski definition) is 5. The lowest BCUT2D eigenvalue weighted by Crippen LogP contribution is -2.01. The second kappa shape index (κ2) is 5.05. The van der Waals surface area contributed by atoms with E-state index in [0.717, 1.165) is 17.1 Å². The standard InChI is InChI=1S/C12H14N4S/c1-8-11(13)14-7-15-12(8)16-9-3-5-10(17-2)6-4-9/h3-7H,1-2H3,(H3,13,14,15,16). The number of hydrogen-bond donors (Lipinski definition) is 2. The van der Waals surface area contributed by atoms with E-state index in [1.54, 1.807) is 11.8 Å². The van der Waals surface area contributed by atoms with Crippen molar-refractivity contribution in [1.29, 1.82) is 0 Å². The van der Waals surface area contributed by atoms with Crippen LogP contribution in [0.25, 0.3) is 0 Å². The second-order valence-electron chi connectivity index (χ2n) is 3.59. The van der Waals surface area contributed by atoms with Gasteiger partial charge in [-0.1, -0.05) is 0 Å². The fourth-order valence-corrected chi connectivity index (χ4v) is 1.81. The average molecular weight is 246 g/mol. The summed E-state index contributed by atoms with van der Waals surface area (Å²) in [5.41, 5.74) is 7.58. The van der Waals surface area contributed by atoms with E-state index in [0.29, 0.717) is 5.82 Å². The molecule has 0 aliphatic rings. The van der Waals surface area contributed by atoms with Gasteiger partial charge in [0.25, 0.3) is 0 Å². The van der Waals surface area contributed by atoms with Crippen molar-refractivity contribution in [1.82, 2.24) is 9.97 Å². The van der Waals surface area contributed by atoms with Gasteiger partial charge in [0.05, 0.1) is 0 Å². The van der Waals surface area contributed by atoms with Gasteiger partial charge in [-0.25, -0.2) is 9.97 Å². The van der Waals surface area contributed by atoms with Crippen LogP contribution >= 0.6 is 11.8 Å². The molecule has 2 aromatic rings. The van der Waals surface area contributed by atoms with Gasteiger partial charge in [0, 0.05) is 16.1 Å². The Morgan fingerprint density at radius 2 is 1.88 bits per heavy atom. The minimum atomic E-state index is 0.503. The lowest BCUT2D eigenvalue weighted by molar-refractivity contribution is 1.14. The van der Waals surface area contributed by atoms with Crippen molar-refractivity contribution in [2.24, 2.45) is 0 Å². The van der Waals surface area contributed by atoms with Crippen LogP contribution in [-0.2, 0) is 0 Å². The molecule has 88 valence electrons. The van der Waals surface area contributed by atoms with Crippen LogP contribution in [0.2, 0.25) is 0 Å². The summed E-state index contributed by atoms with van der Waals surface area (Å²) in [4.78, 5) is 9.33. The number of nitrogens with zero attached hydrogens (tertiary/aromatic N) is 2. The van der Waals surface area contributed by atoms with E-state index in [1.807, 2.05) is 19.1 Å². The van der Waals surface area contributed by atoms with Gasteiger partial charge in [-0.2, -0.15) is 0 Å². The predicted molar refractivity (Wildman–Crippen MR) is 72.7 cm³/mol. The van der Waals surface area contributed by atoms with Crippen molar-refractivity contribution in [3.05, 3.63) is 36.2 Å². The summed E-state index contributed by atoms with van der Waals surface area (Å²) in [6, 6.07) is 8.16. The molecule has 0 aliphatic carbocycles. The van der Waals surface area contributed by atoms with Gasteiger partial charge in [0.2, 0.25) is 0 Å². The van der Waals surface area contributed by atoms with E-state index >= 15 is 0 Å². The first kappa shape index (κ1) is 11.7. The molecule has 4 nitrogen and oxygen atoms in total. The Bertz CT molecular complexity index is 510. The maximum atomic E-state index is 5.73. The second-order valence-corrected chi connectivity index (χ2v) is 4.47. The third-order valence-electron chi connectivity index (χ3n) is 2.48. The summed E-state index contributed by atoms with van der Waals surface area (Å²) < 4.78 is 0. The van der Waals surface area contributed by atoms with Crippen LogP contribution in [0.3, 0.4) is 0 Å². The summed E-state index contributed by atoms with van der Waals surface area (Å²) in [7, 11) is 0. The molecule has 1 heterocycles. The Balaban J connectivity index is 2.22. The molecule has 0 saturated heterocycles. The molecule has 0 fully saturated rings. The van der Waals surface area contributed by atoms with Crippen molar-refractivity contribution in [2.75, 3.05) is 17.3 Å². The minimum Gasteiger partial charge on any atom is -0.383 e. The van der Waals surface area contributed by atoms with Crippen molar-refractivity contribution in [3.63, 3.8) is 0 Å². The van der Waals surface area contributed by atoms with Crippen LogP contribution < -0.4 is 11.1 Å². The molecule has 1 aromatic heterocycles. The lowest BCUT2D eigenvalue weighted by atomic mass is 10.3. The first-order valence-corrected chi connectivity index (χ1v) is 6.41. The van der Waals surface area contributed by atoms with Gasteiger partial charge in [0.15, 0.2) is 0 Å². The van der Waals surface area contributed by atoms with E-state index in [1.165, 1.54) is 11.2 Å². The van der Waals surface area contributed by atoms with Gasteiger partial charge >= 0.3 is 0 Å². The van der Waals surface area contributed by atoms with E-state index in [-0.39, 0.29) is 0 Å². The topological polar surface area (TPSA) is 63.8 Å². The highest BCUT2D eigenvalue weighted by atomic mass is 32.2. The van der Waals surface area contributed by atoms with E-state index in [4.69, 9.17) is 5.73 Å². The van der Waals surface area contributed by atoms with Crippen LogP contribution in [-0.4, -0.2) is 16.2 Å². The van der Waals surface area contributed by atoms with E-state index in [9.17, 15) is 0 Å². The molecule has 0 radical (unpaired) electrons. The molecule has 0 aliphatic heterocycles. The van der Waals surface area contributed by atoms with Crippen LogP contribution in [0.4, 0.5) is 17.3 Å². The van der Waals surface area contributed by atoms with Crippen molar-refractivity contribution in [2.45, 2.75) is 11.8 Å². The third-order valence-corrected chi connectivity index (χ3v) is 3.22. The number of benzene rings is 1. The van der Waals surface area contributed by atoms with Gasteiger partial charge in [-0.15, -0.1) is 11.8 Å². The van der Waals surface area contributed by atoms with Gasteiger partial charge < -0.3 is 11.1 Å². The molecule has 1 aromatic carbocycles. The van der Waals surface area contributed by atoms with E-state index in [2.05, 4.69) is 33.7 Å². The zero-order valence-corrected chi connectivity index (χ0v) is 10.6. The minimum absolute atomic E-state index is 0.503. The number of nitrogens with one attached hydrogen (secondary N) is 1. The molecule has 0 spiro atoms. The summed E-state index contributed by atoms with van der Waals surface area (Å²) in [6.45, 7) is 1.90. The monoisotopic (exact) mass is 246 g/mol. The molecule has 3 N–H and O–H groups in total. The molecule has 0 saturated carbocycles. The van der Waals surface area contributed by atoms with Crippen LogP contribution in [0, 0.1) is 6.92 Å². The molecule has 5 heteroatoms. The summed E-state index contributed by atoms with van der Waals surface area (Å²) in [5, 5.41) is 3.22. The van der Waals surface area contributed by atoms with Gasteiger partial charge in [-0.05, 0) is 37.4 Å². The van der Waals surface area contributed by atoms with Crippen LogP contribution in [0.15, 0.2) is 35.5 Å². The molecular formula is C12H14N4S. The van der Waals surface area contributed by atoms with Gasteiger partial charge in [-0.3, -0.25) is 0 Å². The molecular weight excluding hydrogens is 232 g/mol. The van der Waals surface area contributed by atoms with Crippen LogP contribution in [0.1, 0.15) is 5.56 Å². The first-order valence-electron chi connectivity index (χ1n) is 5.19. The highest BCUT2D eigenvalue weighted by Gasteiger charge is 2.04. The summed E-state index contributed by atoms with van der Waals surface area (Å²) >= 11 is 1.72. The molecule has 0 atom stereocenters. The van der Waals surface area contributed by atoms with Crippen LogP contribution in [0.5, 0.6) is 0 Å². The molecule has 0 bridgehead atoms. The van der Waals surface area contributed by atoms with Gasteiger partial charge in [0.1, 0.15) is 18.0 Å². The summed E-state index contributed by atoms with van der Waals surface area (Å²) in [6.07, 6.45) is 3.51. The average Bonchev–Trinajstić information content (AvgIpc) is 2.36. The largest absolute Gasteiger partial charge is 0.383 e. The van der Waals surface area contributed by atoms with Crippen molar-refractivity contribution >= 4 is 29.1 Å².